The molecule has 0 radical (unpaired) electrons. The minimum atomic E-state index is -0.821. The molecule has 5 rings (SSSR count). The average molecular weight is 545 g/mol. The maximum Gasteiger partial charge on any atom is 0.304 e. The highest BCUT2D eigenvalue weighted by Crippen LogP contribution is 2.35. The topological polar surface area (TPSA) is 118 Å². The lowest BCUT2D eigenvalue weighted by atomic mass is 9.84. The predicted molar refractivity (Wildman–Crippen MR) is 152 cm³/mol. The number of benzene rings is 3. The third-order valence-corrected chi connectivity index (χ3v) is 7.58. The summed E-state index contributed by atoms with van der Waals surface area (Å²) < 4.78 is 8.04. The Morgan fingerprint density at radius 2 is 1.93 bits per heavy atom. The summed E-state index contributed by atoms with van der Waals surface area (Å²) in [5.41, 5.74) is 8.33. The van der Waals surface area contributed by atoms with Crippen LogP contribution < -0.4 is 4.74 Å². The van der Waals surface area contributed by atoms with Gasteiger partial charge in [0.15, 0.2) is 0 Å². The zero-order chi connectivity index (χ0) is 28.8. The van der Waals surface area contributed by atoms with Crippen molar-refractivity contribution in [3.05, 3.63) is 88.0 Å². The molecule has 1 aliphatic rings. The summed E-state index contributed by atoms with van der Waals surface area (Å²) in [6.45, 7) is 8.48. The number of rotatable bonds is 7. The van der Waals surface area contributed by atoms with E-state index in [0.717, 1.165) is 59.5 Å². The molecule has 0 spiro atoms. The molecule has 2 heterocycles. The summed E-state index contributed by atoms with van der Waals surface area (Å²) in [5.74, 6) is -0.128. The Morgan fingerprint density at radius 3 is 2.65 bits per heavy atom. The Kier molecular flexibility index (Phi) is 9.16. The Labute approximate surface area is 234 Å². The molecule has 210 valence electrons. The third-order valence-electron chi connectivity index (χ3n) is 7.58. The van der Waals surface area contributed by atoms with Gasteiger partial charge in [0.25, 0.3) is 6.47 Å². The minimum absolute atomic E-state index is 0.0119. The van der Waals surface area contributed by atoms with Gasteiger partial charge in [-0.3, -0.25) is 14.5 Å². The summed E-state index contributed by atoms with van der Waals surface area (Å²) in [7, 11) is 1.87. The molecule has 1 aliphatic heterocycles. The molecule has 0 fully saturated rings. The fourth-order valence-electron chi connectivity index (χ4n) is 5.42. The van der Waals surface area contributed by atoms with Crippen molar-refractivity contribution in [2.45, 2.75) is 58.7 Å². The monoisotopic (exact) mass is 544 g/mol. The summed E-state index contributed by atoms with van der Waals surface area (Å²) in [5, 5.41) is 25.2. The van der Waals surface area contributed by atoms with Gasteiger partial charge in [-0.1, -0.05) is 54.6 Å². The maximum atomic E-state index is 12.0. The number of aliphatic carboxylic acids is 1. The van der Waals surface area contributed by atoms with Crippen LogP contribution in [0.2, 0.25) is 0 Å². The molecular formula is C31H36N4O5. The van der Waals surface area contributed by atoms with Crippen LogP contribution in [0.1, 0.15) is 59.1 Å². The van der Waals surface area contributed by atoms with Crippen LogP contribution in [0.15, 0.2) is 54.6 Å². The molecule has 9 nitrogen and oxygen atoms in total. The van der Waals surface area contributed by atoms with Gasteiger partial charge in [0, 0.05) is 38.2 Å². The van der Waals surface area contributed by atoms with E-state index in [2.05, 4.69) is 65.5 Å². The van der Waals surface area contributed by atoms with E-state index in [9.17, 15) is 9.90 Å². The Morgan fingerprint density at radius 1 is 1.18 bits per heavy atom. The molecule has 0 amide bonds. The van der Waals surface area contributed by atoms with Crippen molar-refractivity contribution < 1.29 is 24.5 Å². The van der Waals surface area contributed by atoms with Gasteiger partial charge in [-0.25, -0.2) is 4.68 Å². The highest BCUT2D eigenvalue weighted by molar-refractivity contribution is 5.80. The van der Waals surface area contributed by atoms with E-state index in [1.165, 1.54) is 16.7 Å². The summed E-state index contributed by atoms with van der Waals surface area (Å²) >= 11 is 0. The molecule has 0 saturated heterocycles. The molecule has 1 aromatic heterocycles. The standard InChI is InChI=1S/C30H34N4O3.CH2O2/c1-5-24-18-34(16-22-8-6-7-9-28(22)37-24)17-23-14-21(11-10-19(23)2)26(15-29(35)36)25-12-13-27-30(20(25)3)31-32-33(27)4;2-1-3/h6-14,24,26H,5,15-18H2,1-4H3,(H,35,36);1H,(H,2,3)/t24-,26?;/m1./s1. The van der Waals surface area contributed by atoms with Gasteiger partial charge in [-0.2, -0.15) is 0 Å². The molecule has 40 heavy (non-hydrogen) atoms. The molecule has 3 aromatic carbocycles. The van der Waals surface area contributed by atoms with Gasteiger partial charge >= 0.3 is 5.97 Å². The van der Waals surface area contributed by atoms with Crippen molar-refractivity contribution >= 4 is 23.5 Å². The number of para-hydroxylation sites is 1. The average Bonchev–Trinajstić information content (AvgIpc) is 3.21. The van der Waals surface area contributed by atoms with Gasteiger partial charge in [-0.15, -0.1) is 5.10 Å². The first-order chi connectivity index (χ1) is 19.2. The lowest BCUT2D eigenvalue weighted by molar-refractivity contribution is -0.137. The number of hydrogen-bond acceptors (Lipinski definition) is 6. The van der Waals surface area contributed by atoms with E-state index >= 15 is 0 Å². The van der Waals surface area contributed by atoms with E-state index in [4.69, 9.17) is 14.6 Å². The predicted octanol–water partition coefficient (Wildman–Crippen LogP) is 5.07. The minimum Gasteiger partial charge on any atom is -0.489 e. The van der Waals surface area contributed by atoms with E-state index in [1.807, 2.05) is 32.2 Å². The van der Waals surface area contributed by atoms with E-state index in [-0.39, 0.29) is 24.9 Å². The van der Waals surface area contributed by atoms with Crippen LogP contribution in [0, 0.1) is 13.8 Å². The second-order valence-corrected chi connectivity index (χ2v) is 10.2. The molecule has 2 N–H and O–H groups in total. The quantitative estimate of drug-likeness (QED) is 0.310. The van der Waals surface area contributed by atoms with E-state index in [0.29, 0.717) is 0 Å². The van der Waals surface area contributed by atoms with Crippen LogP contribution >= 0.6 is 0 Å². The van der Waals surface area contributed by atoms with Crippen molar-refractivity contribution in [2.75, 3.05) is 6.54 Å². The lowest BCUT2D eigenvalue weighted by Crippen LogP contribution is -2.32. The van der Waals surface area contributed by atoms with Gasteiger partial charge in [0.05, 0.1) is 11.9 Å². The van der Waals surface area contributed by atoms with E-state index in [1.54, 1.807) is 4.68 Å². The maximum absolute atomic E-state index is 12.0. The molecule has 0 bridgehead atoms. The normalized spacial score (nSPS) is 15.8. The molecular weight excluding hydrogens is 508 g/mol. The van der Waals surface area contributed by atoms with Crippen LogP contribution in [0.5, 0.6) is 5.75 Å². The largest absolute Gasteiger partial charge is 0.489 e. The zero-order valence-electron chi connectivity index (χ0n) is 23.4. The van der Waals surface area contributed by atoms with Crippen LogP contribution in [0.4, 0.5) is 0 Å². The Hall–Kier alpha value is -4.24. The highest BCUT2D eigenvalue weighted by atomic mass is 16.5. The van der Waals surface area contributed by atoms with Crippen molar-refractivity contribution in [1.82, 2.24) is 19.9 Å². The van der Waals surface area contributed by atoms with Crippen LogP contribution in [0.3, 0.4) is 0 Å². The molecule has 0 aliphatic carbocycles. The fourth-order valence-corrected chi connectivity index (χ4v) is 5.42. The number of aromatic nitrogens is 3. The molecule has 0 saturated carbocycles. The molecule has 1 unspecified atom stereocenters. The van der Waals surface area contributed by atoms with Crippen molar-refractivity contribution in [2.24, 2.45) is 7.05 Å². The third kappa shape index (κ3) is 6.31. The van der Waals surface area contributed by atoms with Gasteiger partial charge in [0.1, 0.15) is 17.4 Å². The van der Waals surface area contributed by atoms with Crippen molar-refractivity contribution in [3.63, 3.8) is 0 Å². The summed E-state index contributed by atoms with van der Waals surface area (Å²) in [6.07, 6.45) is 1.08. The van der Waals surface area contributed by atoms with Gasteiger partial charge in [0.2, 0.25) is 0 Å². The highest BCUT2D eigenvalue weighted by Gasteiger charge is 2.25. The number of aryl methyl sites for hydroxylation is 3. The molecule has 4 aromatic rings. The molecule has 2 atom stereocenters. The number of carboxylic acid groups (broad SMARTS) is 2. The first-order valence-electron chi connectivity index (χ1n) is 13.4. The van der Waals surface area contributed by atoms with Crippen LogP contribution in [-0.4, -0.2) is 55.2 Å². The number of ether oxygens (including phenoxy) is 1. The molecule has 9 heteroatoms. The summed E-state index contributed by atoms with van der Waals surface area (Å²) in [4.78, 5) is 22.8. The Balaban J connectivity index is 0.00000118. The number of carbonyl (C=O) groups is 2. The first-order valence-corrected chi connectivity index (χ1v) is 13.4. The first kappa shape index (κ1) is 28.8. The second-order valence-electron chi connectivity index (χ2n) is 10.2. The van der Waals surface area contributed by atoms with E-state index < -0.39 is 5.97 Å². The van der Waals surface area contributed by atoms with Gasteiger partial charge < -0.3 is 14.9 Å². The lowest BCUT2D eigenvalue weighted by Gasteiger charge is -2.25. The van der Waals surface area contributed by atoms with Crippen molar-refractivity contribution in [3.8, 4) is 5.75 Å². The number of hydrogen-bond donors (Lipinski definition) is 2. The SMILES string of the molecule is CC[C@@H]1CN(Cc2cc(C(CC(=O)O)c3ccc4c(nnn4C)c3C)ccc2C)Cc2ccccc2O1.O=CO. The van der Waals surface area contributed by atoms with Gasteiger partial charge in [-0.05, 0) is 60.2 Å². The number of carboxylic acids is 1. The second kappa shape index (κ2) is 12.7. The van der Waals surface area contributed by atoms with Crippen LogP contribution in [0.25, 0.3) is 11.0 Å². The fraction of sp³-hybridized carbons (Fsp3) is 0.355. The van der Waals surface area contributed by atoms with Crippen LogP contribution in [-0.2, 0) is 29.7 Å². The Bertz CT molecular complexity index is 1500. The van der Waals surface area contributed by atoms with Crippen molar-refractivity contribution in [1.29, 1.82) is 0 Å². The summed E-state index contributed by atoms with van der Waals surface area (Å²) in [6, 6.07) is 18.7. The number of fused-ring (bicyclic) bond motifs is 2. The number of nitrogens with zero attached hydrogens (tertiary/aromatic N) is 4. The smallest absolute Gasteiger partial charge is 0.304 e. The zero-order valence-corrected chi connectivity index (χ0v) is 23.4.